The number of anilines is 1. The van der Waals surface area contributed by atoms with E-state index in [1.54, 1.807) is 6.07 Å². The Morgan fingerprint density at radius 3 is 2.93 bits per heavy atom. The molecule has 30 heavy (non-hydrogen) atoms. The molecule has 158 valence electrons. The molecule has 3 heterocycles. The van der Waals surface area contributed by atoms with Gasteiger partial charge in [0.1, 0.15) is 5.75 Å². The molecule has 0 amide bonds. The van der Waals surface area contributed by atoms with Crippen molar-refractivity contribution in [2.24, 2.45) is 5.92 Å². The van der Waals surface area contributed by atoms with Crippen LogP contribution in [0.1, 0.15) is 18.4 Å². The van der Waals surface area contributed by atoms with Crippen molar-refractivity contribution in [2.45, 2.75) is 25.5 Å². The number of benzene rings is 2. The highest BCUT2D eigenvalue weighted by Crippen LogP contribution is 2.31. The van der Waals surface area contributed by atoms with Crippen LogP contribution in [-0.2, 0) is 6.61 Å². The Labute approximate surface area is 181 Å². The number of hydrogen-bond acceptors (Lipinski definition) is 6. The van der Waals surface area contributed by atoms with Crippen LogP contribution in [-0.4, -0.2) is 54.0 Å². The normalized spacial score (nSPS) is 22.3. The zero-order chi connectivity index (χ0) is 20.5. The number of aliphatic hydroxyl groups excluding tert-OH is 1. The van der Waals surface area contributed by atoms with Gasteiger partial charge in [0.05, 0.1) is 18.6 Å². The maximum Gasteiger partial charge on any atom is 0.180 e. The number of hydrogen-bond donors (Lipinski definition) is 1. The second kappa shape index (κ2) is 8.46. The number of nitrogens with zero attached hydrogens (tertiary/aromatic N) is 3. The van der Waals surface area contributed by atoms with Crippen LogP contribution in [0.15, 0.2) is 47.0 Å². The average Bonchev–Trinajstić information content (AvgIpc) is 3.22. The predicted molar refractivity (Wildman–Crippen MR) is 117 cm³/mol. The lowest BCUT2D eigenvalue weighted by Gasteiger charge is -2.46. The molecule has 0 bridgehead atoms. The SMILES string of the molecule is OCc1cc(OC[C@@H]2CC[C@@H]3CN(c4noc5ccccc45)CCN3C2)ccc1Cl. The van der Waals surface area contributed by atoms with Crippen LogP contribution in [0.25, 0.3) is 11.0 Å². The second-order valence-corrected chi connectivity index (χ2v) is 8.67. The van der Waals surface area contributed by atoms with Gasteiger partial charge >= 0.3 is 0 Å². The number of aromatic nitrogens is 1. The van der Waals surface area contributed by atoms with Crippen molar-refractivity contribution in [1.82, 2.24) is 10.1 Å². The van der Waals surface area contributed by atoms with Crippen LogP contribution < -0.4 is 9.64 Å². The summed E-state index contributed by atoms with van der Waals surface area (Å²) >= 11 is 6.07. The number of piperidine rings is 1. The van der Waals surface area contributed by atoms with Gasteiger partial charge in [-0.2, -0.15) is 0 Å². The van der Waals surface area contributed by atoms with E-state index in [1.807, 2.05) is 30.3 Å². The zero-order valence-corrected chi connectivity index (χ0v) is 17.6. The van der Waals surface area contributed by atoms with Crippen LogP contribution in [0.4, 0.5) is 5.82 Å². The summed E-state index contributed by atoms with van der Waals surface area (Å²) in [5.41, 5.74) is 1.55. The minimum absolute atomic E-state index is 0.0772. The van der Waals surface area contributed by atoms with Gasteiger partial charge < -0.3 is 19.3 Å². The molecule has 1 N–H and O–H groups in total. The summed E-state index contributed by atoms with van der Waals surface area (Å²) in [6.45, 7) is 4.63. The summed E-state index contributed by atoms with van der Waals surface area (Å²) in [6, 6.07) is 14.1. The molecule has 0 aliphatic carbocycles. The van der Waals surface area contributed by atoms with Crippen LogP contribution in [0.5, 0.6) is 5.75 Å². The Kier molecular flexibility index (Phi) is 5.54. The quantitative estimate of drug-likeness (QED) is 0.665. The van der Waals surface area contributed by atoms with Crippen molar-refractivity contribution in [1.29, 1.82) is 0 Å². The van der Waals surface area contributed by atoms with Crippen molar-refractivity contribution in [3.8, 4) is 5.75 Å². The number of ether oxygens (including phenoxy) is 1. The smallest absolute Gasteiger partial charge is 0.180 e. The molecule has 0 radical (unpaired) electrons. The highest BCUT2D eigenvalue weighted by Gasteiger charge is 2.34. The molecular weight excluding hydrogens is 402 g/mol. The molecule has 2 aliphatic heterocycles. The molecule has 0 saturated carbocycles. The van der Waals surface area contributed by atoms with Crippen LogP contribution in [0, 0.1) is 5.92 Å². The van der Waals surface area contributed by atoms with Crippen molar-refractivity contribution in [2.75, 3.05) is 37.7 Å². The lowest BCUT2D eigenvalue weighted by Crippen LogP contribution is -2.57. The highest BCUT2D eigenvalue weighted by atomic mass is 35.5. The van der Waals surface area contributed by atoms with Gasteiger partial charge in [-0.3, -0.25) is 4.90 Å². The summed E-state index contributed by atoms with van der Waals surface area (Å²) in [7, 11) is 0. The van der Waals surface area contributed by atoms with E-state index in [0.717, 1.165) is 61.6 Å². The Hall–Kier alpha value is -2.28. The molecule has 6 nitrogen and oxygen atoms in total. The summed E-state index contributed by atoms with van der Waals surface area (Å²) in [5, 5.41) is 15.4. The van der Waals surface area contributed by atoms with E-state index in [2.05, 4.69) is 21.0 Å². The fourth-order valence-electron chi connectivity index (χ4n) is 4.66. The van der Waals surface area contributed by atoms with Crippen LogP contribution in [0.3, 0.4) is 0 Å². The van der Waals surface area contributed by atoms with Gasteiger partial charge in [-0.25, -0.2) is 0 Å². The Morgan fingerprint density at radius 2 is 2.03 bits per heavy atom. The number of para-hydroxylation sites is 1. The van der Waals surface area contributed by atoms with Gasteiger partial charge in [-0.15, -0.1) is 0 Å². The summed E-state index contributed by atoms with van der Waals surface area (Å²) in [4.78, 5) is 4.96. The number of aliphatic hydroxyl groups is 1. The Balaban J connectivity index is 1.18. The Bertz CT molecular complexity index is 1020. The minimum Gasteiger partial charge on any atom is -0.493 e. The summed E-state index contributed by atoms with van der Waals surface area (Å²) in [6.07, 6.45) is 2.30. The van der Waals surface area contributed by atoms with E-state index in [1.165, 1.54) is 0 Å². The molecule has 7 heteroatoms. The fourth-order valence-corrected chi connectivity index (χ4v) is 4.84. The number of rotatable bonds is 5. The Morgan fingerprint density at radius 1 is 1.13 bits per heavy atom. The second-order valence-electron chi connectivity index (χ2n) is 8.26. The van der Waals surface area contributed by atoms with E-state index >= 15 is 0 Å². The number of fused-ring (bicyclic) bond motifs is 2. The monoisotopic (exact) mass is 427 g/mol. The molecular formula is C23H26ClN3O3. The molecule has 2 atom stereocenters. The number of piperazine rings is 1. The third kappa shape index (κ3) is 3.87. The lowest BCUT2D eigenvalue weighted by atomic mass is 9.91. The number of halogens is 1. The first-order valence-corrected chi connectivity index (χ1v) is 10.9. The molecule has 2 aromatic carbocycles. The van der Waals surface area contributed by atoms with Gasteiger partial charge in [0.25, 0.3) is 0 Å². The molecule has 2 aliphatic rings. The van der Waals surface area contributed by atoms with Crippen molar-refractivity contribution in [3.63, 3.8) is 0 Å². The third-order valence-electron chi connectivity index (χ3n) is 6.34. The van der Waals surface area contributed by atoms with Crippen molar-refractivity contribution < 1.29 is 14.4 Å². The standard InChI is InChI=1S/C23H26ClN3O3/c24-21-8-7-19(11-17(21)14-28)29-15-16-5-6-18-13-27(10-9-26(18)12-16)23-20-3-1-2-4-22(20)30-25-23/h1-4,7-8,11,16,18,28H,5-6,9-10,12-15H2/t16-,18-/m1/s1. The van der Waals surface area contributed by atoms with E-state index in [0.29, 0.717) is 29.2 Å². The van der Waals surface area contributed by atoms with Crippen molar-refractivity contribution in [3.05, 3.63) is 53.1 Å². The maximum atomic E-state index is 9.38. The van der Waals surface area contributed by atoms with E-state index < -0.39 is 0 Å². The van der Waals surface area contributed by atoms with E-state index in [-0.39, 0.29) is 6.61 Å². The first kappa shape index (κ1) is 19.7. The van der Waals surface area contributed by atoms with Gasteiger partial charge in [-0.1, -0.05) is 28.9 Å². The maximum absolute atomic E-state index is 9.38. The molecule has 5 rings (SSSR count). The molecule has 3 aromatic rings. The largest absolute Gasteiger partial charge is 0.493 e. The zero-order valence-electron chi connectivity index (χ0n) is 16.8. The third-order valence-corrected chi connectivity index (χ3v) is 6.71. The lowest BCUT2D eigenvalue weighted by molar-refractivity contribution is 0.0726. The molecule has 2 saturated heterocycles. The molecule has 1 aromatic heterocycles. The van der Waals surface area contributed by atoms with Gasteiger partial charge in [0.2, 0.25) is 0 Å². The molecule has 0 unspecified atom stereocenters. The van der Waals surface area contributed by atoms with Gasteiger partial charge in [0, 0.05) is 43.2 Å². The summed E-state index contributed by atoms with van der Waals surface area (Å²) < 4.78 is 11.5. The predicted octanol–water partition coefficient (Wildman–Crippen LogP) is 3.95. The van der Waals surface area contributed by atoms with E-state index in [4.69, 9.17) is 20.9 Å². The first-order chi connectivity index (χ1) is 14.7. The minimum atomic E-state index is -0.0772. The van der Waals surface area contributed by atoms with Crippen LogP contribution in [0.2, 0.25) is 5.02 Å². The molecule has 2 fully saturated rings. The summed E-state index contributed by atoms with van der Waals surface area (Å²) in [5.74, 6) is 2.25. The van der Waals surface area contributed by atoms with E-state index in [9.17, 15) is 5.11 Å². The van der Waals surface area contributed by atoms with Gasteiger partial charge in [0.15, 0.2) is 11.4 Å². The fraction of sp³-hybridized carbons (Fsp3) is 0.435. The first-order valence-electron chi connectivity index (χ1n) is 10.6. The van der Waals surface area contributed by atoms with Gasteiger partial charge in [-0.05, 0) is 48.7 Å². The topological polar surface area (TPSA) is 62.0 Å². The molecule has 0 spiro atoms. The average molecular weight is 428 g/mol. The van der Waals surface area contributed by atoms with Crippen LogP contribution >= 0.6 is 11.6 Å². The van der Waals surface area contributed by atoms with Crippen molar-refractivity contribution >= 4 is 28.4 Å². The highest BCUT2D eigenvalue weighted by molar-refractivity contribution is 6.31.